The second-order valence-electron chi connectivity index (χ2n) is 4.89. The molecule has 0 aliphatic rings. The van der Waals surface area contributed by atoms with Crippen molar-refractivity contribution in [2.45, 2.75) is 19.8 Å². The van der Waals surface area contributed by atoms with Crippen LogP contribution in [0.4, 0.5) is 0 Å². The fourth-order valence-electron chi connectivity index (χ4n) is 1.57. The van der Waals surface area contributed by atoms with Crippen molar-refractivity contribution in [3.8, 4) is 6.07 Å². The number of carboxylic acid groups (broad SMARTS) is 1. The highest BCUT2D eigenvalue weighted by Crippen LogP contribution is 2.08. The van der Waals surface area contributed by atoms with E-state index in [1.807, 2.05) is 37.3 Å². The number of nitriles is 1. The number of carbonyl (C=O) groups excluding carboxylic acids is 1. The number of carboxylic acids is 1. The minimum atomic E-state index is -1.07. The number of aliphatic carboxylic acids is 1. The lowest BCUT2D eigenvalue weighted by molar-refractivity contribution is -0.138. The van der Waals surface area contributed by atoms with E-state index in [2.05, 4.69) is 6.58 Å². The van der Waals surface area contributed by atoms with Gasteiger partial charge in [0.2, 0.25) is 0 Å². The van der Waals surface area contributed by atoms with Crippen LogP contribution in [0.15, 0.2) is 72.9 Å². The molecule has 0 radical (unpaired) electrons. The maximum absolute atomic E-state index is 12.0. The number of hydrogen-bond donors (Lipinski definition) is 1. The van der Waals surface area contributed by atoms with Crippen LogP contribution in [0.1, 0.15) is 25.3 Å². The van der Waals surface area contributed by atoms with Crippen molar-refractivity contribution in [2.75, 3.05) is 6.61 Å². The smallest absolute Gasteiger partial charge is 0.338 e. The Hall–Kier alpha value is -3.39. The van der Waals surface area contributed by atoms with E-state index in [0.29, 0.717) is 12.2 Å². The molecule has 1 aromatic carbocycles. The lowest BCUT2D eigenvalue weighted by Crippen LogP contribution is -2.07. The molecule has 0 aromatic heterocycles. The first-order valence-electron chi connectivity index (χ1n) is 8.07. The van der Waals surface area contributed by atoms with Gasteiger partial charge in [-0.05, 0) is 24.1 Å². The lowest BCUT2D eigenvalue weighted by Gasteiger charge is -2.04. The van der Waals surface area contributed by atoms with Crippen LogP contribution in [0.3, 0.4) is 0 Å². The highest BCUT2D eigenvalue weighted by Gasteiger charge is 2.06. The van der Waals surface area contributed by atoms with Crippen LogP contribution in [-0.4, -0.2) is 23.7 Å². The predicted octanol–water partition coefficient (Wildman–Crippen LogP) is 4.31. The van der Waals surface area contributed by atoms with E-state index in [1.165, 1.54) is 18.2 Å². The topological polar surface area (TPSA) is 87.4 Å². The van der Waals surface area contributed by atoms with Crippen molar-refractivity contribution in [3.63, 3.8) is 0 Å². The molecule has 0 atom stereocenters. The monoisotopic (exact) mass is 353 g/mol. The standard InChI is InChI=1S/C18H20O4.C3H3N/c1-2-3-14-22-18(21)16(10-7-11-17(19)20)13-12-15-8-5-4-6-9-15;1-2-3-4/h4-13H,2-3,14H2,1H3,(H,19,20);2H,1H2. The molecule has 5 heteroatoms. The average Bonchev–Trinajstić information content (AvgIpc) is 2.65. The number of nitrogens with zero attached hydrogens (tertiary/aromatic N) is 1. The SMILES string of the molecule is C=CC#N.CCCCOC(=O)C(C=Cc1ccccc1)=CC=CC(=O)O. The van der Waals surface area contributed by atoms with Gasteiger partial charge in [-0.1, -0.05) is 62.4 Å². The minimum absolute atomic E-state index is 0.303. The summed E-state index contributed by atoms with van der Waals surface area (Å²) in [6, 6.07) is 11.2. The average molecular weight is 353 g/mol. The van der Waals surface area contributed by atoms with E-state index in [0.717, 1.165) is 24.5 Å². The molecule has 0 fully saturated rings. The first-order chi connectivity index (χ1) is 12.5. The molecule has 5 nitrogen and oxygen atoms in total. The zero-order valence-electron chi connectivity index (χ0n) is 14.8. The Morgan fingerprint density at radius 2 is 1.92 bits per heavy atom. The Kier molecular flexibility index (Phi) is 13.2. The Labute approximate surface area is 154 Å². The summed E-state index contributed by atoms with van der Waals surface area (Å²) in [5, 5.41) is 16.1. The third-order valence-corrected chi connectivity index (χ3v) is 2.83. The van der Waals surface area contributed by atoms with E-state index in [4.69, 9.17) is 15.1 Å². The molecule has 0 saturated carbocycles. The maximum atomic E-state index is 12.0. The van der Waals surface area contributed by atoms with Gasteiger partial charge in [0.25, 0.3) is 0 Å². The molecular formula is C21H23NO4. The highest BCUT2D eigenvalue weighted by atomic mass is 16.5. The molecule has 0 saturated heterocycles. The van der Waals surface area contributed by atoms with Gasteiger partial charge in [-0.3, -0.25) is 0 Å². The number of hydrogen-bond acceptors (Lipinski definition) is 4. The number of allylic oxidation sites excluding steroid dienone is 3. The molecule has 1 N–H and O–H groups in total. The zero-order valence-corrected chi connectivity index (χ0v) is 14.8. The van der Waals surface area contributed by atoms with Crippen molar-refractivity contribution < 1.29 is 19.4 Å². The summed E-state index contributed by atoms with van der Waals surface area (Å²) in [4.78, 5) is 22.5. The number of ether oxygens (including phenoxy) is 1. The number of unbranched alkanes of at least 4 members (excludes halogenated alkanes) is 1. The van der Waals surface area contributed by atoms with Crippen LogP contribution < -0.4 is 0 Å². The molecule has 26 heavy (non-hydrogen) atoms. The molecule has 0 amide bonds. The second kappa shape index (κ2) is 15.2. The van der Waals surface area contributed by atoms with Crippen molar-refractivity contribution in [1.29, 1.82) is 5.26 Å². The Balaban J connectivity index is 0.00000141. The molecule has 136 valence electrons. The summed E-state index contributed by atoms with van der Waals surface area (Å²) in [7, 11) is 0. The van der Waals surface area contributed by atoms with E-state index < -0.39 is 11.9 Å². The first-order valence-corrected chi connectivity index (χ1v) is 8.07. The van der Waals surface area contributed by atoms with Gasteiger partial charge in [0.05, 0.1) is 18.2 Å². The Bertz CT molecular complexity index is 694. The van der Waals surface area contributed by atoms with Crippen LogP contribution in [0.5, 0.6) is 0 Å². The molecule has 0 unspecified atom stereocenters. The summed E-state index contributed by atoms with van der Waals surface area (Å²) in [6.07, 6.45) is 10.0. The fourth-order valence-corrected chi connectivity index (χ4v) is 1.57. The van der Waals surface area contributed by atoms with Gasteiger partial charge >= 0.3 is 11.9 Å². The van der Waals surface area contributed by atoms with Gasteiger partial charge < -0.3 is 9.84 Å². The van der Waals surface area contributed by atoms with Gasteiger partial charge in [-0.25, -0.2) is 9.59 Å². The number of benzene rings is 1. The van der Waals surface area contributed by atoms with Gasteiger partial charge in [0.1, 0.15) is 0 Å². The molecule has 0 bridgehead atoms. The van der Waals surface area contributed by atoms with Gasteiger partial charge in [0.15, 0.2) is 0 Å². The fraction of sp³-hybridized carbons (Fsp3) is 0.190. The highest BCUT2D eigenvalue weighted by molar-refractivity contribution is 5.93. The molecule has 0 aliphatic carbocycles. The van der Waals surface area contributed by atoms with Crippen molar-refractivity contribution in [1.82, 2.24) is 0 Å². The normalized spacial score (nSPS) is 10.7. The van der Waals surface area contributed by atoms with E-state index >= 15 is 0 Å². The summed E-state index contributed by atoms with van der Waals surface area (Å²) < 4.78 is 5.15. The van der Waals surface area contributed by atoms with Crippen molar-refractivity contribution in [2.24, 2.45) is 0 Å². The predicted molar refractivity (Wildman–Crippen MR) is 102 cm³/mol. The van der Waals surface area contributed by atoms with Crippen molar-refractivity contribution >= 4 is 18.0 Å². The van der Waals surface area contributed by atoms with Crippen LogP contribution in [-0.2, 0) is 14.3 Å². The van der Waals surface area contributed by atoms with Crippen LogP contribution >= 0.6 is 0 Å². The van der Waals surface area contributed by atoms with Gasteiger partial charge in [0, 0.05) is 12.2 Å². The molecule has 0 aliphatic heterocycles. The zero-order chi connectivity index (χ0) is 19.6. The Morgan fingerprint density at radius 3 is 2.46 bits per heavy atom. The minimum Gasteiger partial charge on any atom is -0.478 e. The molecule has 1 rings (SSSR count). The van der Waals surface area contributed by atoms with Crippen molar-refractivity contribution in [3.05, 3.63) is 78.4 Å². The largest absolute Gasteiger partial charge is 0.478 e. The quantitative estimate of drug-likeness (QED) is 0.247. The summed E-state index contributed by atoms with van der Waals surface area (Å²) in [6.45, 7) is 5.48. The third kappa shape index (κ3) is 12.1. The van der Waals surface area contributed by atoms with E-state index in [9.17, 15) is 9.59 Å². The lowest BCUT2D eigenvalue weighted by atomic mass is 10.1. The van der Waals surface area contributed by atoms with E-state index in [-0.39, 0.29) is 0 Å². The number of carbonyl (C=O) groups is 2. The summed E-state index contributed by atoms with van der Waals surface area (Å²) in [5.74, 6) is -1.53. The van der Waals surface area contributed by atoms with Gasteiger partial charge in [-0.15, -0.1) is 0 Å². The number of rotatable bonds is 8. The van der Waals surface area contributed by atoms with Crippen LogP contribution in [0.2, 0.25) is 0 Å². The van der Waals surface area contributed by atoms with Crippen LogP contribution in [0.25, 0.3) is 6.08 Å². The van der Waals surface area contributed by atoms with E-state index in [1.54, 1.807) is 18.2 Å². The molecule has 0 heterocycles. The third-order valence-electron chi connectivity index (χ3n) is 2.83. The maximum Gasteiger partial charge on any atom is 0.338 e. The Morgan fingerprint density at radius 1 is 1.27 bits per heavy atom. The first kappa shape index (κ1) is 22.6. The second-order valence-corrected chi connectivity index (χ2v) is 4.89. The summed E-state index contributed by atoms with van der Waals surface area (Å²) >= 11 is 0. The molecule has 1 aromatic rings. The number of esters is 1. The molecule has 0 spiro atoms. The van der Waals surface area contributed by atoms with Gasteiger partial charge in [-0.2, -0.15) is 5.26 Å². The summed E-state index contributed by atoms with van der Waals surface area (Å²) in [5.41, 5.74) is 1.24. The molecular weight excluding hydrogens is 330 g/mol. The van der Waals surface area contributed by atoms with Crippen LogP contribution in [0, 0.1) is 11.3 Å².